The Labute approximate surface area is 121 Å². The lowest BCUT2D eigenvalue weighted by Crippen LogP contribution is -2.60. The van der Waals surface area contributed by atoms with Gasteiger partial charge in [0.05, 0.1) is 0 Å². The van der Waals surface area contributed by atoms with Crippen LogP contribution in [0.3, 0.4) is 0 Å². The molecule has 5 heteroatoms. The van der Waals surface area contributed by atoms with Gasteiger partial charge >= 0.3 is 12.0 Å². The van der Waals surface area contributed by atoms with Gasteiger partial charge in [-0.15, -0.1) is 0 Å². The van der Waals surface area contributed by atoms with E-state index in [4.69, 9.17) is 0 Å². The molecule has 0 bridgehead atoms. The maximum Gasteiger partial charge on any atom is 0.329 e. The Morgan fingerprint density at radius 3 is 2.55 bits per heavy atom. The molecule has 1 saturated heterocycles. The maximum absolute atomic E-state index is 12.3. The quantitative estimate of drug-likeness (QED) is 0.815. The summed E-state index contributed by atoms with van der Waals surface area (Å²) in [6.45, 7) is 8.43. The number of aliphatic carboxylic acids is 1. The van der Waals surface area contributed by atoms with Crippen molar-refractivity contribution < 1.29 is 14.7 Å². The molecule has 3 unspecified atom stereocenters. The first-order chi connectivity index (χ1) is 9.31. The second kappa shape index (κ2) is 6.95. The number of nitrogens with zero attached hydrogens (tertiary/aromatic N) is 1. The van der Waals surface area contributed by atoms with Crippen LogP contribution in [0.4, 0.5) is 4.79 Å². The molecule has 0 aromatic carbocycles. The maximum atomic E-state index is 12.3. The van der Waals surface area contributed by atoms with Crippen molar-refractivity contribution in [3.8, 4) is 0 Å². The fourth-order valence-corrected chi connectivity index (χ4v) is 2.79. The summed E-state index contributed by atoms with van der Waals surface area (Å²) in [7, 11) is 0. The summed E-state index contributed by atoms with van der Waals surface area (Å²) >= 11 is 0. The molecule has 2 N–H and O–H groups in total. The first-order valence-corrected chi connectivity index (χ1v) is 7.62. The van der Waals surface area contributed by atoms with Gasteiger partial charge < -0.3 is 15.3 Å². The summed E-state index contributed by atoms with van der Waals surface area (Å²) in [6, 6.07) is -0.178. The minimum absolute atomic E-state index is 0.0671. The molecule has 20 heavy (non-hydrogen) atoms. The topological polar surface area (TPSA) is 69.6 Å². The Kier molecular flexibility index (Phi) is 5.84. The summed E-state index contributed by atoms with van der Waals surface area (Å²) in [5.74, 6) is -0.362. The second-order valence-electron chi connectivity index (χ2n) is 6.29. The van der Waals surface area contributed by atoms with Gasteiger partial charge in [0.25, 0.3) is 0 Å². The van der Waals surface area contributed by atoms with Crippen molar-refractivity contribution >= 4 is 12.0 Å². The standard InChI is InChI=1S/C15H28N2O3/c1-5-11(2)10-12(3)16-14(20)17-9-7-6-8-15(17,4)13(18)19/h11-12H,5-10H2,1-4H3,(H,16,20)(H,18,19). The van der Waals surface area contributed by atoms with Crippen molar-refractivity contribution in [3.63, 3.8) is 0 Å². The zero-order valence-corrected chi connectivity index (χ0v) is 13.1. The van der Waals surface area contributed by atoms with E-state index in [-0.39, 0.29) is 12.1 Å². The molecule has 3 atom stereocenters. The van der Waals surface area contributed by atoms with Gasteiger partial charge in [0.1, 0.15) is 5.54 Å². The number of piperidine rings is 1. The monoisotopic (exact) mass is 284 g/mol. The largest absolute Gasteiger partial charge is 0.480 e. The lowest BCUT2D eigenvalue weighted by molar-refractivity contribution is -0.150. The number of carbonyl (C=O) groups is 2. The summed E-state index contributed by atoms with van der Waals surface area (Å²) < 4.78 is 0. The van der Waals surface area contributed by atoms with Crippen LogP contribution in [0.1, 0.15) is 59.8 Å². The van der Waals surface area contributed by atoms with Crippen LogP contribution in [0.5, 0.6) is 0 Å². The van der Waals surface area contributed by atoms with Crippen molar-refractivity contribution in [1.82, 2.24) is 10.2 Å². The molecule has 0 aromatic rings. The molecule has 0 spiro atoms. The van der Waals surface area contributed by atoms with Gasteiger partial charge in [0.15, 0.2) is 0 Å². The highest BCUT2D eigenvalue weighted by Crippen LogP contribution is 2.28. The molecule has 1 rings (SSSR count). The van der Waals surface area contributed by atoms with Crippen molar-refractivity contribution in [3.05, 3.63) is 0 Å². The molecule has 1 aliphatic heterocycles. The van der Waals surface area contributed by atoms with Crippen molar-refractivity contribution in [2.75, 3.05) is 6.54 Å². The van der Waals surface area contributed by atoms with E-state index in [1.54, 1.807) is 6.92 Å². The second-order valence-corrected chi connectivity index (χ2v) is 6.29. The predicted molar refractivity (Wildman–Crippen MR) is 78.7 cm³/mol. The molecule has 1 aliphatic rings. The smallest absolute Gasteiger partial charge is 0.329 e. The molecule has 0 saturated carbocycles. The highest BCUT2D eigenvalue weighted by atomic mass is 16.4. The van der Waals surface area contributed by atoms with E-state index in [0.29, 0.717) is 18.9 Å². The van der Waals surface area contributed by atoms with Gasteiger partial charge in [-0.25, -0.2) is 9.59 Å². The molecular weight excluding hydrogens is 256 g/mol. The fraction of sp³-hybridized carbons (Fsp3) is 0.867. The molecule has 5 nitrogen and oxygen atoms in total. The van der Waals surface area contributed by atoms with Gasteiger partial charge in [0, 0.05) is 12.6 Å². The molecule has 0 aromatic heterocycles. The summed E-state index contributed by atoms with van der Waals surface area (Å²) in [5, 5.41) is 12.4. The number of urea groups is 1. The normalized spacial score (nSPS) is 25.9. The number of amides is 2. The van der Waals surface area contributed by atoms with Crippen LogP contribution in [0.25, 0.3) is 0 Å². The SMILES string of the molecule is CCC(C)CC(C)NC(=O)N1CCCCC1(C)C(=O)O. The van der Waals surface area contributed by atoms with Gasteiger partial charge in [0.2, 0.25) is 0 Å². The Morgan fingerprint density at radius 1 is 1.35 bits per heavy atom. The summed E-state index contributed by atoms with van der Waals surface area (Å²) in [5.41, 5.74) is -1.07. The predicted octanol–water partition coefficient (Wildman–Crippen LogP) is 2.85. The molecule has 1 heterocycles. The zero-order chi connectivity index (χ0) is 15.3. The van der Waals surface area contributed by atoms with E-state index in [0.717, 1.165) is 25.7 Å². The van der Waals surface area contributed by atoms with E-state index in [1.807, 2.05) is 6.92 Å². The lowest BCUT2D eigenvalue weighted by atomic mass is 9.89. The molecular formula is C15H28N2O3. The Morgan fingerprint density at radius 2 is 2.00 bits per heavy atom. The molecule has 2 amide bonds. The van der Waals surface area contributed by atoms with Crippen LogP contribution in [0, 0.1) is 5.92 Å². The molecule has 0 aliphatic carbocycles. The van der Waals surface area contributed by atoms with Crippen molar-refractivity contribution in [1.29, 1.82) is 0 Å². The number of nitrogens with one attached hydrogen (secondary N) is 1. The van der Waals surface area contributed by atoms with E-state index in [9.17, 15) is 14.7 Å². The molecule has 0 radical (unpaired) electrons. The van der Waals surface area contributed by atoms with Crippen LogP contribution in [0.15, 0.2) is 0 Å². The number of carboxylic acids is 1. The lowest BCUT2D eigenvalue weighted by Gasteiger charge is -2.42. The minimum Gasteiger partial charge on any atom is -0.480 e. The van der Waals surface area contributed by atoms with Gasteiger partial charge in [-0.05, 0) is 45.4 Å². The Bertz CT molecular complexity index is 359. The van der Waals surface area contributed by atoms with Gasteiger partial charge in [-0.3, -0.25) is 0 Å². The highest BCUT2D eigenvalue weighted by Gasteiger charge is 2.44. The van der Waals surface area contributed by atoms with Crippen LogP contribution >= 0.6 is 0 Å². The highest BCUT2D eigenvalue weighted by molar-refractivity contribution is 5.86. The fourth-order valence-electron chi connectivity index (χ4n) is 2.79. The Hall–Kier alpha value is -1.26. The van der Waals surface area contributed by atoms with Crippen LogP contribution in [-0.4, -0.2) is 40.1 Å². The van der Waals surface area contributed by atoms with Crippen LogP contribution in [-0.2, 0) is 4.79 Å². The number of hydrogen-bond acceptors (Lipinski definition) is 2. The third-order valence-electron chi connectivity index (χ3n) is 4.42. The number of rotatable bonds is 5. The third kappa shape index (κ3) is 3.87. The third-order valence-corrected chi connectivity index (χ3v) is 4.42. The van der Waals surface area contributed by atoms with Gasteiger partial charge in [-0.1, -0.05) is 20.3 Å². The van der Waals surface area contributed by atoms with E-state index < -0.39 is 11.5 Å². The van der Waals surface area contributed by atoms with E-state index >= 15 is 0 Å². The summed E-state index contributed by atoms with van der Waals surface area (Å²) in [4.78, 5) is 25.3. The Balaban J connectivity index is 2.67. The van der Waals surface area contributed by atoms with Crippen LogP contribution in [0.2, 0.25) is 0 Å². The van der Waals surface area contributed by atoms with Gasteiger partial charge in [-0.2, -0.15) is 0 Å². The number of carbonyl (C=O) groups excluding carboxylic acids is 1. The zero-order valence-electron chi connectivity index (χ0n) is 13.1. The number of hydrogen-bond donors (Lipinski definition) is 2. The van der Waals surface area contributed by atoms with Crippen molar-refractivity contribution in [2.24, 2.45) is 5.92 Å². The summed E-state index contributed by atoms with van der Waals surface area (Å²) in [6.07, 6.45) is 4.25. The number of carboxylic acid groups (broad SMARTS) is 1. The number of likely N-dealkylation sites (tertiary alicyclic amines) is 1. The van der Waals surface area contributed by atoms with Crippen molar-refractivity contribution in [2.45, 2.75) is 71.4 Å². The van der Waals surface area contributed by atoms with E-state index in [2.05, 4.69) is 19.2 Å². The first kappa shape index (κ1) is 16.8. The molecule has 1 fully saturated rings. The first-order valence-electron chi connectivity index (χ1n) is 7.62. The minimum atomic E-state index is -1.07. The average molecular weight is 284 g/mol. The van der Waals surface area contributed by atoms with Crippen LogP contribution < -0.4 is 5.32 Å². The average Bonchev–Trinajstić information content (AvgIpc) is 2.38. The van der Waals surface area contributed by atoms with E-state index in [1.165, 1.54) is 4.90 Å². The molecule has 116 valence electrons.